The number of benzene rings is 2. The highest BCUT2D eigenvalue weighted by atomic mass is 16.2. The Bertz CT molecular complexity index is 1060. The van der Waals surface area contributed by atoms with Crippen LogP contribution < -0.4 is 5.32 Å². The predicted octanol–water partition coefficient (Wildman–Crippen LogP) is 3.27. The minimum atomic E-state index is -0.595. The maximum Gasteiger partial charge on any atom is 0.334 e. The van der Waals surface area contributed by atoms with Crippen LogP contribution in [0.4, 0.5) is 4.79 Å². The second-order valence-corrected chi connectivity index (χ2v) is 9.97. The number of carbonyl (C=O) groups excluding carboxylic acids is 3. The molecular formula is C28H37N5O3. The Morgan fingerprint density at radius 3 is 2.31 bits per heavy atom. The third kappa shape index (κ3) is 5.23. The molecule has 1 N–H and O–H groups in total. The summed E-state index contributed by atoms with van der Waals surface area (Å²) in [6.07, 6.45) is 0.192. The van der Waals surface area contributed by atoms with E-state index in [9.17, 15) is 14.4 Å². The van der Waals surface area contributed by atoms with Gasteiger partial charge in [0, 0.05) is 20.1 Å². The third-order valence-corrected chi connectivity index (χ3v) is 7.41. The monoisotopic (exact) mass is 491 g/mol. The van der Waals surface area contributed by atoms with E-state index in [1.165, 1.54) is 0 Å². The van der Waals surface area contributed by atoms with Crippen molar-refractivity contribution < 1.29 is 14.4 Å². The van der Waals surface area contributed by atoms with Gasteiger partial charge in [-0.1, -0.05) is 87.9 Å². The highest BCUT2D eigenvalue weighted by Crippen LogP contribution is 2.31. The minimum Gasteiger partial charge on any atom is -0.336 e. The summed E-state index contributed by atoms with van der Waals surface area (Å²) in [7, 11) is 1.75. The van der Waals surface area contributed by atoms with Crippen LogP contribution in [-0.2, 0) is 16.1 Å². The van der Waals surface area contributed by atoms with E-state index in [-0.39, 0.29) is 42.8 Å². The molecule has 0 aromatic heterocycles. The Hall–Kier alpha value is -3.39. The van der Waals surface area contributed by atoms with Gasteiger partial charge < -0.3 is 15.1 Å². The van der Waals surface area contributed by atoms with Gasteiger partial charge in [0.1, 0.15) is 12.2 Å². The molecular weight excluding hydrogens is 454 g/mol. The first-order valence-electron chi connectivity index (χ1n) is 12.8. The number of fused-ring (bicyclic) bond motifs is 1. The summed E-state index contributed by atoms with van der Waals surface area (Å²) in [5.74, 6) is -0.0666. The van der Waals surface area contributed by atoms with E-state index in [1.54, 1.807) is 22.0 Å². The number of nitrogens with one attached hydrogen (secondary N) is 1. The average Bonchev–Trinajstić information content (AvgIpc) is 2.89. The lowest BCUT2D eigenvalue weighted by atomic mass is 9.91. The Morgan fingerprint density at radius 2 is 1.67 bits per heavy atom. The van der Waals surface area contributed by atoms with Crippen LogP contribution in [0.1, 0.15) is 44.2 Å². The highest BCUT2D eigenvalue weighted by Gasteiger charge is 2.52. The molecule has 2 aromatic carbocycles. The van der Waals surface area contributed by atoms with Gasteiger partial charge in [-0.05, 0) is 23.0 Å². The lowest BCUT2D eigenvalue weighted by molar-refractivity contribution is -0.190. The van der Waals surface area contributed by atoms with Crippen molar-refractivity contribution >= 4 is 17.8 Å². The molecule has 0 bridgehead atoms. The molecule has 8 nitrogen and oxygen atoms in total. The molecule has 0 aliphatic carbocycles. The molecule has 0 spiro atoms. The zero-order chi connectivity index (χ0) is 25.8. The minimum absolute atomic E-state index is 0.0311. The predicted molar refractivity (Wildman–Crippen MR) is 138 cm³/mol. The van der Waals surface area contributed by atoms with E-state index in [2.05, 4.69) is 24.4 Å². The Kier molecular flexibility index (Phi) is 7.94. The number of hydrogen-bond donors (Lipinski definition) is 1. The fourth-order valence-electron chi connectivity index (χ4n) is 5.23. The number of likely N-dealkylation sites (N-methyl/N-ethyl adjacent to an activating group) is 1. The number of hydrogen-bond acceptors (Lipinski definition) is 4. The lowest BCUT2D eigenvalue weighted by Gasteiger charge is -2.55. The number of urea groups is 1. The van der Waals surface area contributed by atoms with E-state index in [1.807, 2.05) is 67.3 Å². The molecule has 2 aromatic rings. The molecule has 0 saturated carbocycles. The summed E-state index contributed by atoms with van der Waals surface area (Å²) in [6.45, 7) is 7.38. The Morgan fingerprint density at radius 1 is 1.03 bits per heavy atom. The summed E-state index contributed by atoms with van der Waals surface area (Å²) >= 11 is 0. The van der Waals surface area contributed by atoms with Crippen molar-refractivity contribution in [3.63, 3.8) is 0 Å². The van der Waals surface area contributed by atoms with Crippen LogP contribution in [0.3, 0.4) is 0 Å². The molecule has 8 heteroatoms. The molecule has 2 fully saturated rings. The first kappa shape index (κ1) is 25.7. The molecule has 2 unspecified atom stereocenters. The van der Waals surface area contributed by atoms with Crippen LogP contribution in [-0.4, -0.2) is 76.6 Å². The molecule has 192 valence electrons. The van der Waals surface area contributed by atoms with Gasteiger partial charge in [0.2, 0.25) is 11.8 Å². The molecule has 2 aliphatic rings. The van der Waals surface area contributed by atoms with Gasteiger partial charge in [-0.3, -0.25) is 9.59 Å². The average molecular weight is 492 g/mol. The van der Waals surface area contributed by atoms with Crippen molar-refractivity contribution in [3.8, 4) is 0 Å². The Balaban J connectivity index is 1.61. The first-order valence-corrected chi connectivity index (χ1v) is 12.8. The topological polar surface area (TPSA) is 76.2 Å². The van der Waals surface area contributed by atoms with Gasteiger partial charge >= 0.3 is 6.03 Å². The van der Waals surface area contributed by atoms with Crippen molar-refractivity contribution in [3.05, 3.63) is 71.8 Å². The van der Waals surface area contributed by atoms with Gasteiger partial charge in [-0.25, -0.2) is 14.8 Å². The van der Waals surface area contributed by atoms with E-state index in [0.717, 1.165) is 17.5 Å². The SMILES string of the molecule is CCC(C)[C@H]1C(=O)N(CC(C)c2ccccc2)C[C@H]2N1C(=O)CN(C)N2C(=O)NCc1ccccc1. The third-order valence-electron chi connectivity index (χ3n) is 7.41. The van der Waals surface area contributed by atoms with E-state index >= 15 is 0 Å². The van der Waals surface area contributed by atoms with Crippen LogP contribution in [0.5, 0.6) is 0 Å². The lowest BCUT2D eigenvalue weighted by Crippen LogP contribution is -2.76. The van der Waals surface area contributed by atoms with Crippen molar-refractivity contribution in [2.45, 2.75) is 51.9 Å². The molecule has 2 saturated heterocycles. The number of amides is 4. The number of nitrogens with zero attached hydrogens (tertiary/aromatic N) is 4. The zero-order valence-corrected chi connectivity index (χ0v) is 21.6. The number of piperazine rings is 1. The van der Waals surface area contributed by atoms with Crippen molar-refractivity contribution in [1.82, 2.24) is 25.1 Å². The fourth-order valence-corrected chi connectivity index (χ4v) is 5.23. The number of hydrazine groups is 1. The standard InChI is InChI=1S/C28H37N5O3/c1-5-20(2)26-27(35)31(17-21(3)23-14-10-7-11-15-23)18-24-32(26)25(34)19-30(4)33(24)28(36)29-16-22-12-8-6-9-13-22/h6-15,20-21,24,26H,5,16-19H2,1-4H3,(H,29,36)/t20?,21?,24-,26-/m0/s1. The van der Waals surface area contributed by atoms with E-state index < -0.39 is 12.2 Å². The molecule has 4 rings (SSSR count). The van der Waals surface area contributed by atoms with Crippen LogP contribution in [0.2, 0.25) is 0 Å². The first-order chi connectivity index (χ1) is 17.3. The van der Waals surface area contributed by atoms with Crippen molar-refractivity contribution in [2.75, 3.05) is 26.7 Å². The van der Waals surface area contributed by atoms with E-state index in [0.29, 0.717) is 13.1 Å². The molecule has 4 amide bonds. The smallest absolute Gasteiger partial charge is 0.334 e. The van der Waals surface area contributed by atoms with E-state index in [4.69, 9.17) is 0 Å². The number of rotatable bonds is 7. The molecule has 2 aliphatic heterocycles. The Labute approximate surface area is 213 Å². The van der Waals surface area contributed by atoms with Crippen LogP contribution in [0.25, 0.3) is 0 Å². The van der Waals surface area contributed by atoms with Crippen molar-refractivity contribution in [1.29, 1.82) is 0 Å². The molecule has 4 atom stereocenters. The van der Waals surface area contributed by atoms with Crippen LogP contribution in [0, 0.1) is 5.92 Å². The maximum atomic E-state index is 13.8. The number of carbonyl (C=O) groups is 3. The van der Waals surface area contributed by atoms with Crippen LogP contribution >= 0.6 is 0 Å². The highest BCUT2D eigenvalue weighted by molar-refractivity contribution is 5.91. The molecule has 0 radical (unpaired) electrons. The summed E-state index contributed by atoms with van der Waals surface area (Å²) in [6, 6.07) is 19.0. The second kappa shape index (κ2) is 11.1. The summed E-state index contributed by atoms with van der Waals surface area (Å²) in [5, 5.41) is 6.29. The summed E-state index contributed by atoms with van der Waals surface area (Å²) < 4.78 is 0. The van der Waals surface area contributed by atoms with Gasteiger partial charge in [-0.2, -0.15) is 0 Å². The van der Waals surface area contributed by atoms with Gasteiger partial charge in [0.05, 0.1) is 13.1 Å². The molecule has 36 heavy (non-hydrogen) atoms. The summed E-state index contributed by atoms with van der Waals surface area (Å²) in [5.41, 5.74) is 2.15. The fraction of sp³-hybridized carbons (Fsp3) is 0.464. The molecule has 2 heterocycles. The van der Waals surface area contributed by atoms with Gasteiger partial charge in [0.15, 0.2) is 0 Å². The largest absolute Gasteiger partial charge is 0.336 e. The van der Waals surface area contributed by atoms with Crippen LogP contribution in [0.15, 0.2) is 60.7 Å². The zero-order valence-electron chi connectivity index (χ0n) is 21.6. The normalized spacial score (nSPS) is 22.3. The second-order valence-electron chi connectivity index (χ2n) is 9.97. The van der Waals surface area contributed by atoms with Gasteiger partial charge in [0.25, 0.3) is 0 Å². The quantitative estimate of drug-likeness (QED) is 0.645. The van der Waals surface area contributed by atoms with Gasteiger partial charge in [-0.15, -0.1) is 0 Å². The van der Waals surface area contributed by atoms with Crippen molar-refractivity contribution in [2.24, 2.45) is 5.92 Å². The maximum absolute atomic E-state index is 13.8. The summed E-state index contributed by atoms with van der Waals surface area (Å²) in [4.78, 5) is 44.0.